The Morgan fingerprint density at radius 2 is 1.90 bits per heavy atom. The largest absolute Gasteiger partial charge is 0.490 e. The minimum absolute atomic E-state index is 0.510. The van der Waals surface area contributed by atoms with E-state index in [-0.39, 0.29) is 0 Å². The Labute approximate surface area is 119 Å². The van der Waals surface area contributed by atoms with Crippen LogP contribution in [0.15, 0.2) is 43.0 Å². The fourth-order valence-electron chi connectivity index (χ4n) is 2.21. The average Bonchev–Trinajstić information content (AvgIpc) is 2.45. The number of hydrogen-bond donors (Lipinski definition) is 1. The molecule has 20 heavy (non-hydrogen) atoms. The van der Waals surface area contributed by atoms with Crippen molar-refractivity contribution in [1.29, 1.82) is 0 Å². The Hall–Kier alpha value is -1.94. The molecule has 0 radical (unpaired) electrons. The summed E-state index contributed by atoms with van der Waals surface area (Å²) >= 11 is 0. The molecule has 1 aliphatic rings. The highest BCUT2D eigenvalue weighted by Crippen LogP contribution is 2.15. The fourth-order valence-corrected chi connectivity index (χ4v) is 2.21. The van der Waals surface area contributed by atoms with E-state index >= 15 is 0 Å². The topological polar surface area (TPSA) is 47.0 Å². The molecule has 0 unspecified atom stereocenters. The fraction of sp³-hybridized carbons (Fsp3) is 0.375. The van der Waals surface area contributed by atoms with Crippen molar-refractivity contribution in [3.63, 3.8) is 0 Å². The van der Waals surface area contributed by atoms with E-state index in [9.17, 15) is 0 Å². The molecule has 1 atom stereocenters. The lowest BCUT2D eigenvalue weighted by atomic mass is 10.1. The van der Waals surface area contributed by atoms with Gasteiger partial charge in [-0.05, 0) is 55.1 Å². The van der Waals surface area contributed by atoms with Gasteiger partial charge in [-0.1, -0.05) is 0 Å². The molecule has 0 amide bonds. The minimum Gasteiger partial charge on any atom is -0.490 e. The number of pyridine rings is 2. The summed E-state index contributed by atoms with van der Waals surface area (Å²) in [5.41, 5.74) is 2.51. The molecule has 4 nitrogen and oxygen atoms in total. The molecule has 2 aromatic heterocycles. The van der Waals surface area contributed by atoms with Gasteiger partial charge in [-0.3, -0.25) is 9.97 Å². The second-order valence-electron chi connectivity index (χ2n) is 5.14. The SMILES string of the molecule is c1cc(CCc2cncc(OC[C@@H]3CCN3)c2)ccn1. The molecule has 0 bridgehead atoms. The third-order valence-corrected chi connectivity index (χ3v) is 3.60. The third kappa shape index (κ3) is 3.54. The molecule has 0 spiro atoms. The van der Waals surface area contributed by atoms with Gasteiger partial charge in [-0.25, -0.2) is 0 Å². The number of nitrogens with one attached hydrogen (secondary N) is 1. The van der Waals surface area contributed by atoms with Crippen LogP contribution in [0.4, 0.5) is 0 Å². The van der Waals surface area contributed by atoms with Crippen molar-refractivity contribution in [2.24, 2.45) is 0 Å². The molecule has 4 heteroatoms. The summed E-state index contributed by atoms with van der Waals surface area (Å²) in [5, 5.41) is 3.33. The molecular weight excluding hydrogens is 250 g/mol. The average molecular weight is 269 g/mol. The number of aryl methyl sites for hydroxylation is 2. The van der Waals surface area contributed by atoms with Crippen LogP contribution in [0, 0.1) is 0 Å². The van der Waals surface area contributed by atoms with Crippen LogP contribution in [0.1, 0.15) is 17.5 Å². The summed E-state index contributed by atoms with van der Waals surface area (Å²) in [5.74, 6) is 0.867. The van der Waals surface area contributed by atoms with Gasteiger partial charge in [0.05, 0.1) is 6.20 Å². The molecule has 104 valence electrons. The van der Waals surface area contributed by atoms with Crippen molar-refractivity contribution in [2.45, 2.75) is 25.3 Å². The molecule has 0 aromatic carbocycles. The van der Waals surface area contributed by atoms with Crippen molar-refractivity contribution in [2.75, 3.05) is 13.2 Å². The van der Waals surface area contributed by atoms with Crippen LogP contribution < -0.4 is 10.1 Å². The predicted octanol–water partition coefficient (Wildman–Crippen LogP) is 2.00. The van der Waals surface area contributed by atoms with Crippen LogP contribution in [0.5, 0.6) is 5.75 Å². The quantitative estimate of drug-likeness (QED) is 0.871. The summed E-state index contributed by atoms with van der Waals surface area (Å²) in [6.07, 6.45) is 10.5. The Morgan fingerprint density at radius 1 is 1.10 bits per heavy atom. The number of ether oxygens (including phenoxy) is 1. The highest BCUT2D eigenvalue weighted by molar-refractivity contribution is 5.25. The first-order valence-electron chi connectivity index (χ1n) is 7.09. The standard InChI is InChI=1S/C16H19N3O/c1(13-3-6-17-7-4-13)2-14-9-16(11-18-10-14)20-12-15-5-8-19-15/h3-4,6-7,9-11,15,19H,1-2,5,8,12H2/t15-/m0/s1. The highest BCUT2D eigenvalue weighted by atomic mass is 16.5. The molecule has 2 aromatic rings. The first-order valence-corrected chi connectivity index (χ1v) is 7.09. The molecule has 3 heterocycles. The molecular formula is C16H19N3O. The first-order chi connectivity index (χ1) is 9.90. The van der Waals surface area contributed by atoms with E-state index in [0.29, 0.717) is 6.04 Å². The van der Waals surface area contributed by atoms with E-state index in [1.54, 1.807) is 6.20 Å². The molecule has 1 saturated heterocycles. The summed E-state index contributed by atoms with van der Waals surface area (Å²) in [7, 11) is 0. The van der Waals surface area contributed by atoms with Gasteiger partial charge in [0.15, 0.2) is 0 Å². The Balaban J connectivity index is 1.53. The second-order valence-corrected chi connectivity index (χ2v) is 5.14. The third-order valence-electron chi connectivity index (χ3n) is 3.60. The normalized spacial score (nSPS) is 17.5. The van der Waals surface area contributed by atoms with Gasteiger partial charge in [-0.2, -0.15) is 0 Å². The van der Waals surface area contributed by atoms with Crippen LogP contribution in [0.2, 0.25) is 0 Å². The molecule has 1 fully saturated rings. The summed E-state index contributed by atoms with van der Waals surface area (Å²) in [4.78, 5) is 8.29. The van der Waals surface area contributed by atoms with Gasteiger partial charge in [-0.15, -0.1) is 0 Å². The number of hydrogen-bond acceptors (Lipinski definition) is 4. The maximum atomic E-state index is 5.77. The number of aromatic nitrogens is 2. The maximum Gasteiger partial charge on any atom is 0.137 e. The smallest absolute Gasteiger partial charge is 0.137 e. The van der Waals surface area contributed by atoms with Crippen LogP contribution >= 0.6 is 0 Å². The van der Waals surface area contributed by atoms with E-state index in [1.165, 1.54) is 17.5 Å². The molecule has 0 saturated carbocycles. The number of nitrogens with zero attached hydrogens (tertiary/aromatic N) is 2. The highest BCUT2D eigenvalue weighted by Gasteiger charge is 2.16. The lowest BCUT2D eigenvalue weighted by Crippen LogP contribution is -2.46. The van der Waals surface area contributed by atoms with Gasteiger partial charge >= 0.3 is 0 Å². The second kappa shape index (κ2) is 6.48. The van der Waals surface area contributed by atoms with Crippen LogP contribution in [0.25, 0.3) is 0 Å². The summed E-state index contributed by atoms with van der Waals surface area (Å²) in [6, 6.07) is 6.70. The zero-order chi connectivity index (χ0) is 13.6. The molecule has 1 aliphatic heterocycles. The van der Waals surface area contributed by atoms with Crippen molar-refractivity contribution >= 4 is 0 Å². The molecule has 0 aliphatic carbocycles. The minimum atomic E-state index is 0.510. The first kappa shape index (κ1) is 13.1. The zero-order valence-corrected chi connectivity index (χ0v) is 11.5. The number of rotatable bonds is 6. The van der Waals surface area contributed by atoms with E-state index in [2.05, 4.69) is 33.5 Å². The van der Waals surface area contributed by atoms with Gasteiger partial charge < -0.3 is 10.1 Å². The van der Waals surface area contributed by atoms with E-state index in [0.717, 1.165) is 31.7 Å². The lowest BCUT2D eigenvalue weighted by molar-refractivity contribution is 0.217. The van der Waals surface area contributed by atoms with E-state index < -0.39 is 0 Å². The van der Waals surface area contributed by atoms with Crippen molar-refractivity contribution in [1.82, 2.24) is 15.3 Å². The van der Waals surface area contributed by atoms with E-state index in [1.807, 2.05) is 18.6 Å². The van der Waals surface area contributed by atoms with Crippen molar-refractivity contribution in [3.8, 4) is 5.75 Å². The van der Waals surface area contributed by atoms with Crippen molar-refractivity contribution < 1.29 is 4.74 Å². The monoisotopic (exact) mass is 269 g/mol. The summed E-state index contributed by atoms with van der Waals surface area (Å²) in [6.45, 7) is 1.84. The van der Waals surface area contributed by atoms with Crippen molar-refractivity contribution in [3.05, 3.63) is 54.1 Å². The Kier molecular flexibility index (Phi) is 4.23. The zero-order valence-electron chi connectivity index (χ0n) is 11.5. The van der Waals surface area contributed by atoms with Gasteiger partial charge in [0, 0.05) is 24.6 Å². The van der Waals surface area contributed by atoms with Crippen LogP contribution in [-0.2, 0) is 12.8 Å². The predicted molar refractivity (Wildman–Crippen MR) is 77.8 cm³/mol. The van der Waals surface area contributed by atoms with Gasteiger partial charge in [0.1, 0.15) is 12.4 Å². The van der Waals surface area contributed by atoms with E-state index in [4.69, 9.17) is 4.74 Å². The maximum absolute atomic E-state index is 5.77. The van der Waals surface area contributed by atoms with Crippen LogP contribution in [0.3, 0.4) is 0 Å². The molecule has 3 rings (SSSR count). The molecule has 1 N–H and O–H groups in total. The Bertz CT molecular complexity index is 540. The summed E-state index contributed by atoms with van der Waals surface area (Å²) < 4.78 is 5.77. The van der Waals surface area contributed by atoms with Crippen LogP contribution in [-0.4, -0.2) is 29.2 Å². The Morgan fingerprint density at radius 3 is 2.65 bits per heavy atom. The van der Waals surface area contributed by atoms with Gasteiger partial charge in [0.2, 0.25) is 0 Å². The van der Waals surface area contributed by atoms with Gasteiger partial charge in [0.25, 0.3) is 0 Å². The lowest BCUT2D eigenvalue weighted by Gasteiger charge is -2.27.